The second kappa shape index (κ2) is 7.84. The number of hydrogen-bond donors (Lipinski definition) is 2. The predicted octanol–water partition coefficient (Wildman–Crippen LogP) is 1.64. The normalized spacial score (nSPS) is 9.89. The molecule has 1 aromatic carbocycles. The first-order valence-electron chi connectivity index (χ1n) is 5.56. The lowest BCUT2D eigenvalue weighted by Gasteiger charge is -2.07. The number of nitrogens with one attached hydrogen (secondary N) is 2. The molecule has 0 fully saturated rings. The van der Waals surface area contributed by atoms with Crippen LogP contribution in [0.5, 0.6) is 0 Å². The molecule has 0 bridgehead atoms. The fourth-order valence-corrected chi connectivity index (χ4v) is 1.44. The molecular formula is C12H15BrN2O3. The van der Waals surface area contributed by atoms with Crippen LogP contribution in [-0.2, 0) is 9.53 Å². The highest BCUT2D eigenvalue weighted by atomic mass is 79.9. The molecule has 0 aliphatic carbocycles. The summed E-state index contributed by atoms with van der Waals surface area (Å²) in [5.41, 5.74) is 5.14. The Morgan fingerprint density at radius 1 is 1.22 bits per heavy atom. The molecule has 0 saturated carbocycles. The molecule has 0 spiro atoms. The van der Waals surface area contributed by atoms with E-state index in [1.165, 1.54) is 0 Å². The average Bonchev–Trinajstić information content (AvgIpc) is 2.37. The summed E-state index contributed by atoms with van der Waals surface area (Å²) in [6, 6.07) is 6.83. The van der Waals surface area contributed by atoms with Crippen molar-refractivity contribution in [3.63, 3.8) is 0 Å². The van der Waals surface area contributed by atoms with Crippen LogP contribution in [-0.4, -0.2) is 25.0 Å². The average molecular weight is 315 g/mol. The largest absolute Gasteiger partial charge is 0.381 e. The maximum Gasteiger partial charge on any atom is 0.269 e. The van der Waals surface area contributed by atoms with Gasteiger partial charge >= 0.3 is 0 Å². The standard InChI is InChI=1S/C12H15BrN2O3/c1-2-18-8-7-11(16)14-15-12(17)9-3-5-10(13)6-4-9/h3-6H,2,7-8H2,1H3,(H,14,16)(H,15,17). The van der Waals surface area contributed by atoms with E-state index in [-0.39, 0.29) is 18.2 Å². The lowest BCUT2D eigenvalue weighted by Crippen LogP contribution is -2.41. The van der Waals surface area contributed by atoms with Gasteiger partial charge in [-0.1, -0.05) is 15.9 Å². The van der Waals surface area contributed by atoms with Crippen LogP contribution in [0, 0.1) is 0 Å². The Bertz CT molecular complexity index is 406. The topological polar surface area (TPSA) is 67.4 Å². The minimum Gasteiger partial charge on any atom is -0.381 e. The minimum absolute atomic E-state index is 0.217. The monoisotopic (exact) mass is 314 g/mol. The molecule has 18 heavy (non-hydrogen) atoms. The summed E-state index contributed by atoms with van der Waals surface area (Å²) in [6.45, 7) is 2.77. The quantitative estimate of drug-likeness (QED) is 0.641. The maximum atomic E-state index is 11.6. The Balaban J connectivity index is 2.32. The molecule has 1 aromatic rings. The van der Waals surface area contributed by atoms with Crippen molar-refractivity contribution in [1.82, 2.24) is 10.9 Å². The molecule has 98 valence electrons. The van der Waals surface area contributed by atoms with Gasteiger partial charge in [0.15, 0.2) is 0 Å². The Hall–Kier alpha value is -1.40. The summed E-state index contributed by atoms with van der Waals surface area (Å²) in [7, 11) is 0. The summed E-state index contributed by atoms with van der Waals surface area (Å²) in [4.78, 5) is 22.9. The van der Waals surface area contributed by atoms with Crippen molar-refractivity contribution in [3.05, 3.63) is 34.3 Å². The number of hydrazine groups is 1. The van der Waals surface area contributed by atoms with E-state index < -0.39 is 0 Å². The van der Waals surface area contributed by atoms with Gasteiger partial charge in [0.1, 0.15) is 0 Å². The van der Waals surface area contributed by atoms with Crippen LogP contribution < -0.4 is 10.9 Å². The number of benzene rings is 1. The highest BCUT2D eigenvalue weighted by Crippen LogP contribution is 2.09. The van der Waals surface area contributed by atoms with Crippen LogP contribution in [0.2, 0.25) is 0 Å². The Labute approximate surface area is 114 Å². The highest BCUT2D eigenvalue weighted by Gasteiger charge is 2.06. The van der Waals surface area contributed by atoms with E-state index in [1.807, 2.05) is 6.92 Å². The zero-order valence-electron chi connectivity index (χ0n) is 10.0. The Kier molecular flexibility index (Phi) is 6.38. The number of carbonyl (C=O) groups excluding carboxylic acids is 2. The van der Waals surface area contributed by atoms with Crippen LogP contribution in [0.3, 0.4) is 0 Å². The van der Waals surface area contributed by atoms with Gasteiger partial charge in [0, 0.05) is 16.6 Å². The van der Waals surface area contributed by atoms with Gasteiger partial charge < -0.3 is 4.74 Å². The zero-order chi connectivity index (χ0) is 13.4. The summed E-state index contributed by atoms with van der Waals surface area (Å²) in [5, 5.41) is 0. The molecule has 0 aromatic heterocycles. The van der Waals surface area contributed by atoms with E-state index in [9.17, 15) is 9.59 Å². The lowest BCUT2D eigenvalue weighted by atomic mass is 10.2. The SMILES string of the molecule is CCOCCC(=O)NNC(=O)c1ccc(Br)cc1. The van der Waals surface area contributed by atoms with E-state index in [2.05, 4.69) is 26.8 Å². The van der Waals surface area contributed by atoms with Gasteiger partial charge in [-0.3, -0.25) is 20.4 Å². The van der Waals surface area contributed by atoms with Crippen LogP contribution in [0.4, 0.5) is 0 Å². The van der Waals surface area contributed by atoms with Crippen molar-refractivity contribution in [2.45, 2.75) is 13.3 Å². The third-order valence-corrected chi connectivity index (χ3v) is 2.63. The van der Waals surface area contributed by atoms with Crippen molar-refractivity contribution >= 4 is 27.7 Å². The summed E-state index contributed by atoms with van der Waals surface area (Å²) >= 11 is 3.28. The van der Waals surface area contributed by atoms with Crippen molar-refractivity contribution in [3.8, 4) is 0 Å². The van der Waals surface area contributed by atoms with Gasteiger partial charge in [-0.25, -0.2) is 0 Å². The smallest absolute Gasteiger partial charge is 0.269 e. The number of ether oxygens (including phenoxy) is 1. The lowest BCUT2D eigenvalue weighted by molar-refractivity contribution is -0.122. The second-order valence-corrected chi connectivity index (χ2v) is 4.37. The third kappa shape index (κ3) is 5.29. The van der Waals surface area contributed by atoms with Crippen molar-refractivity contribution in [2.24, 2.45) is 0 Å². The van der Waals surface area contributed by atoms with Gasteiger partial charge in [-0.05, 0) is 31.2 Å². The summed E-state index contributed by atoms with van der Waals surface area (Å²) in [6.07, 6.45) is 0.217. The van der Waals surface area contributed by atoms with Crippen molar-refractivity contribution in [1.29, 1.82) is 0 Å². The molecule has 0 saturated heterocycles. The van der Waals surface area contributed by atoms with E-state index in [0.717, 1.165) is 4.47 Å². The van der Waals surface area contributed by atoms with E-state index in [1.54, 1.807) is 24.3 Å². The second-order valence-electron chi connectivity index (χ2n) is 3.46. The molecule has 2 N–H and O–H groups in total. The molecule has 0 heterocycles. The molecule has 5 nitrogen and oxygen atoms in total. The Morgan fingerprint density at radius 3 is 2.50 bits per heavy atom. The fraction of sp³-hybridized carbons (Fsp3) is 0.333. The molecule has 6 heteroatoms. The first-order valence-corrected chi connectivity index (χ1v) is 6.35. The molecule has 0 aliphatic rings. The minimum atomic E-state index is -0.354. The van der Waals surface area contributed by atoms with Crippen LogP contribution in [0.25, 0.3) is 0 Å². The number of rotatable bonds is 5. The van der Waals surface area contributed by atoms with E-state index in [0.29, 0.717) is 18.8 Å². The molecule has 2 amide bonds. The molecule has 1 rings (SSSR count). The number of hydrogen-bond acceptors (Lipinski definition) is 3. The maximum absolute atomic E-state index is 11.6. The van der Waals surface area contributed by atoms with Gasteiger partial charge in [0.2, 0.25) is 5.91 Å². The molecule has 0 aliphatic heterocycles. The predicted molar refractivity (Wildman–Crippen MR) is 70.9 cm³/mol. The first kappa shape index (κ1) is 14.7. The van der Waals surface area contributed by atoms with E-state index in [4.69, 9.17) is 4.74 Å². The fourth-order valence-electron chi connectivity index (χ4n) is 1.17. The van der Waals surface area contributed by atoms with Gasteiger partial charge in [-0.2, -0.15) is 0 Å². The third-order valence-electron chi connectivity index (χ3n) is 2.10. The Morgan fingerprint density at radius 2 is 1.89 bits per heavy atom. The highest BCUT2D eigenvalue weighted by molar-refractivity contribution is 9.10. The van der Waals surface area contributed by atoms with Gasteiger partial charge in [-0.15, -0.1) is 0 Å². The molecule has 0 radical (unpaired) electrons. The molecule has 0 unspecified atom stereocenters. The number of halogens is 1. The van der Waals surface area contributed by atoms with Crippen LogP contribution in [0.1, 0.15) is 23.7 Å². The van der Waals surface area contributed by atoms with E-state index >= 15 is 0 Å². The van der Waals surface area contributed by atoms with Gasteiger partial charge in [0.25, 0.3) is 5.91 Å². The van der Waals surface area contributed by atoms with Crippen LogP contribution >= 0.6 is 15.9 Å². The zero-order valence-corrected chi connectivity index (χ0v) is 11.6. The first-order chi connectivity index (χ1) is 8.63. The molecular weight excluding hydrogens is 300 g/mol. The summed E-state index contributed by atoms with van der Waals surface area (Å²) in [5.74, 6) is -0.638. The number of amides is 2. The van der Waals surface area contributed by atoms with Gasteiger partial charge in [0.05, 0.1) is 13.0 Å². The van der Waals surface area contributed by atoms with Crippen molar-refractivity contribution < 1.29 is 14.3 Å². The van der Waals surface area contributed by atoms with Crippen LogP contribution in [0.15, 0.2) is 28.7 Å². The summed E-state index contributed by atoms with van der Waals surface area (Å²) < 4.78 is 5.92. The molecule has 0 atom stereocenters. The number of carbonyl (C=O) groups is 2. The van der Waals surface area contributed by atoms with Crippen molar-refractivity contribution in [2.75, 3.05) is 13.2 Å².